The summed E-state index contributed by atoms with van der Waals surface area (Å²) in [5.41, 5.74) is 1.30. The first-order valence-electron chi connectivity index (χ1n) is 7.98. The molecule has 8 heteroatoms. The van der Waals surface area contributed by atoms with Crippen molar-refractivity contribution in [3.63, 3.8) is 0 Å². The summed E-state index contributed by atoms with van der Waals surface area (Å²) in [5, 5.41) is 10.6. The van der Waals surface area contributed by atoms with Gasteiger partial charge in [-0.05, 0) is 20.8 Å². The Morgan fingerprint density at radius 3 is 2.83 bits per heavy atom. The van der Waals surface area contributed by atoms with Gasteiger partial charge in [0.25, 0.3) is 0 Å². The highest BCUT2D eigenvalue weighted by atomic mass is 16.6. The molecule has 4 unspecified atom stereocenters. The fourth-order valence-corrected chi connectivity index (χ4v) is 2.92. The Kier molecular flexibility index (Phi) is 4.56. The summed E-state index contributed by atoms with van der Waals surface area (Å²) >= 11 is 0. The largest absolute Gasteiger partial charge is 0.387 e. The van der Waals surface area contributed by atoms with Gasteiger partial charge in [0.2, 0.25) is 6.23 Å². The second-order valence-corrected chi connectivity index (χ2v) is 7.04. The number of nitrogens with zero attached hydrogens (tertiary/aromatic N) is 4. The van der Waals surface area contributed by atoms with E-state index < -0.39 is 24.5 Å². The van der Waals surface area contributed by atoms with Gasteiger partial charge >= 0.3 is 5.65 Å². The predicted molar refractivity (Wildman–Crippen MR) is 85.1 cm³/mol. The van der Waals surface area contributed by atoms with Crippen LogP contribution in [0.25, 0.3) is 11.2 Å². The number of rotatable bonds is 4. The first-order valence-corrected chi connectivity index (χ1v) is 7.98. The molecule has 0 aliphatic carbocycles. The Hall–Kier alpha value is -1.61. The van der Waals surface area contributed by atoms with E-state index in [1.165, 1.54) is 6.33 Å². The smallest absolute Gasteiger partial charge is 0.307 e. The van der Waals surface area contributed by atoms with Gasteiger partial charge < -0.3 is 19.3 Å². The molecular weight excluding hydrogens is 312 g/mol. The van der Waals surface area contributed by atoms with Crippen molar-refractivity contribution in [3.8, 4) is 0 Å². The highest BCUT2D eigenvalue weighted by Gasteiger charge is 2.48. The number of hydrogen-bond donors (Lipinski definition) is 1. The monoisotopic (exact) mass is 337 g/mol. The molecule has 0 spiro atoms. The lowest BCUT2D eigenvalue weighted by molar-refractivity contribution is -0.746. The zero-order valence-electron chi connectivity index (χ0n) is 14.7. The Morgan fingerprint density at radius 2 is 2.17 bits per heavy atom. The van der Waals surface area contributed by atoms with Gasteiger partial charge in [-0.3, -0.25) is 4.57 Å². The van der Waals surface area contributed by atoms with Gasteiger partial charge in [-0.1, -0.05) is 4.98 Å². The number of aliphatic hydroxyl groups excluding tert-OH is 1. The van der Waals surface area contributed by atoms with Gasteiger partial charge in [0.05, 0.1) is 25.5 Å². The van der Waals surface area contributed by atoms with Crippen LogP contribution in [0, 0.1) is 0 Å². The van der Waals surface area contributed by atoms with Gasteiger partial charge in [-0.15, -0.1) is 0 Å². The quantitative estimate of drug-likeness (QED) is 0.811. The van der Waals surface area contributed by atoms with E-state index in [4.69, 9.17) is 14.2 Å². The van der Waals surface area contributed by atoms with Crippen molar-refractivity contribution in [1.29, 1.82) is 0 Å². The van der Waals surface area contributed by atoms with Crippen molar-refractivity contribution >= 4 is 11.2 Å². The number of aromatic nitrogens is 4. The van der Waals surface area contributed by atoms with Crippen molar-refractivity contribution in [2.75, 3.05) is 13.7 Å². The molecule has 0 radical (unpaired) electrons. The van der Waals surface area contributed by atoms with E-state index in [1.54, 1.807) is 13.3 Å². The van der Waals surface area contributed by atoms with Gasteiger partial charge in [0.1, 0.15) is 18.3 Å². The standard InChI is InChI=1S/C16H25N4O4/c1-16(2,3)23-7-11-12(21)13(22-5)15(24-11)20-9-19(4)10-6-17-8-18-14(10)20/h6,8-9,11-13,15,21H,7H2,1-5H3/q+1. The Morgan fingerprint density at radius 1 is 1.42 bits per heavy atom. The van der Waals surface area contributed by atoms with Gasteiger partial charge in [0, 0.05) is 7.11 Å². The van der Waals surface area contributed by atoms with E-state index in [1.807, 2.05) is 43.3 Å². The van der Waals surface area contributed by atoms with E-state index in [0.717, 1.165) is 11.2 Å². The maximum absolute atomic E-state index is 10.6. The molecule has 2 aromatic rings. The van der Waals surface area contributed by atoms with Crippen LogP contribution >= 0.6 is 0 Å². The minimum atomic E-state index is -0.785. The van der Waals surface area contributed by atoms with E-state index in [-0.39, 0.29) is 5.60 Å². The van der Waals surface area contributed by atoms with Crippen molar-refractivity contribution in [1.82, 2.24) is 14.5 Å². The maximum Gasteiger partial charge on any atom is 0.307 e. The van der Waals surface area contributed by atoms with Crippen molar-refractivity contribution in [2.45, 2.75) is 50.9 Å². The third-order valence-corrected chi connectivity index (χ3v) is 4.13. The molecule has 1 fully saturated rings. The summed E-state index contributed by atoms with van der Waals surface area (Å²) in [6.45, 7) is 6.20. The molecule has 0 amide bonds. The van der Waals surface area contributed by atoms with Gasteiger partial charge in [0.15, 0.2) is 18.2 Å². The molecule has 3 rings (SSSR count). The normalized spacial score (nSPS) is 27.9. The molecule has 2 aromatic heterocycles. The molecule has 1 saturated heterocycles. The molecule has 0 bridgehead atoms. The van der Waals surface area contributed by atoms with Crippen LogP contribution < -0.4 is 4.57 Å². The van der Waals surface area contributed by atoms with Crippen LogP contribution in [0.3, 0.4) is 0 Å². The third-order valence-electron chi connectivity index (χ3n) is 4.13. The summed E-state index contributed by atoms with van der Waals surface area (Å²) < 4.78 is 21.1. The number of fused-ring (bicyclic) bond motifs is 1. The first kappa shape index (κ1) is 17.2. The van der Waals surface area contributed by atoms with E-state index in [9.17, 15) is 5.11 Å². The summed E-state index contributed by atoms with van der Waals surface area (Å²) in [7, 11) is 3.48. The molecule has 24 heavy (non-hydrogen) atoms. The number of ether oxygens (including phenoxy) is 3. The number of hydrogen-bond acceptors (Lipinski definition) is 6. The molecule has 1 aliphatic rings. The first-order chi connectivity index (χ1) is 11.3. The Bertz CT molecular complexity index is 712. The zero-order chi connectivity index (χ0) is 17.5. The van der Waals surface area contributed by atoms with E-state index in [0.29, 0.717) is 6.61 Å². The van der Waals surface area contributed by atoms with Crippen LogP contribution in [0.2, 0.25) is 0 Å². The lowest BCUT2D eigenvalue weighted by Gasteiger charge is -2.23. The molecule has 3 heterocycles. The Balaban J connectivity index is 1.89. The SMILES string of the molecule is COC1C(O)C(COC(C)(C)C)OC1[n+]1cn(C)c2cncnc21. The number of methoxy groups -OCH3 is 1. The lowest BCUT2D eigenvalue weighted by Crippen LogP contribution is -2.46. The van der Waals surface area contributed by atoms with Crippen LogP contribution in [-0.2, 0) is 21.3 Å². The van der Waals surface area contributed by atoms with Crippen LogP contribution in [0.4, 0.5) is 0 Å². The number of imidazole rings is 1. The fraction of sp³-hybridized carbons (Fsp3) is 0.688. The molecule has 132 valence electrons. The number of aliphatic hydroxyl groups is 1. The topological polar surface area (TPSA) is 82.5 Å². The maximum atomic E-state index is 10.6. The minimum Gasteiger partial charge on any atom is -0.387 e. The highest BCUT2D eigenvalue weighted by Crippen LogP contribution is 2.29. The second-order valence-electron chi connectivity index (χ2n) is 7.04. The molecule has 1 aliphatic heterocycles. The van der Waals surface area contributed by atoms with Crippen LogP contribution in [0.15, 0.2) is 18.9 Å². The van der Waals surface area contributed by atoms with Crippen LogP contribution in [-0.4, -0.2) is 57.3 Å². The van der Waals surface area contributed by atoms with Gasteiger partial charge in [-0.25, -0.2) is 9.55 Å². The zero-order valence-corrected chi connectivity index (χ0v) is 14.7. The molecule has 0 aromatic carbocycles. The molecule has 1 N–H and O–H groups in total. The van der Waals surface area contributed by atoms with E-state index >= 15 is 0 Å². The summed E-state index contributed by atoms with van der Waals surface area (Å²) in [5.74, 6) is 0. The summed E-state index contributed by atoms with van der Waals surface area (Å²) in [6.07, 6.45) is 2.85. The Labute approximate surface area is 141 Å². The fourth-order valence-electron chi connectivity index (χ4n) is 2.92. The highest BCUT2D eigenvalue weighted by molar-refractivity contribution is 5.65. The van der Waals surface area contributed by atoms with Crippen molar-refractivity contribution in [3.05, 3.63) is 18.9 Å². The van der Waals surface area contributed by atoms with Crippen molar-refractivity contribution in [2.24, 2.45) is 7.05 Å². The minimum absolute atomic E-state index is 0.293. The molecule has 4 atom stereocenters. The van der Waals surface area contributed by atoms with Crippen LogP contribution in [0.1, 0.15) is 27.0 Å². The average molecular weight is 337 g/mol. The summed E-state index contributed by atoms with van der Waals surface area (Å²) in [4.78, 5) is 8.39. The van der Waals surface area contributed by atoms with Gasteiger partial charge in [-0.2, -0.15) is 0 Å². The second kappa shape index (κ2) is 6.36. The molecule has 0 saturated carbocycles. The van der Waals surface area contributed by atoms with E-state index in [2.05, 4.69) is 9.97 Å². The predicted octanol–water partition coefficient (Wildman–Crippen LogP) is 0.344. The lowest BCUT2D eigenvalue weighted by atomic mass is 10.1. The number of aryl methyl sites for hydroxylation is 1. The van der Waals surface area contributed by atoms with Crippen molar-refractivity contribution < 1.29 is 23.9 Å². The van der Waals surface area contributed by atoms with Crippen LogP contribution in [0.5, 0.6) is 0 Å². The summed E-state index contributed by atoms with van der Waals surface area (Å²) in [6, 6.07) is 0. The molecule has 8 nitrogen and oxygen atoms in total. The third kappa shape index (κ3) is 3.14. The molecular formula is C16H25N4O4+. The average Bonchev–Trinajstić information content (AvgIpc) is 3.02.